The van der Waals surface area contributed by atoms with Crippen molar-refractivity contribution < 1.29 is 9.47 Å². The minimum atomic E-state index is 0.749. The van der Waals surface area contributed by atoms with Crippen molar-refractivity contribution in [2.24, 2.45) is 0 Å². The number of hydrogen-bond acceptors (Lipinski definition) is 3. The highest BCUT2D eigenvalue weighted by Crippen LogP contribution is 2.21. The molecule has 0 atom stereocenters. The summed E-state index contributed by atoms with van der Waals surface area (Å²) in [5.74, 6) is 1.78. The Morgan fingerprint density at radius 1 is 1.05 bits per heavy atom. The van der Waals surface area contributed by atoms with Gasteiger partial charge in [-0.1, -0.05) is 19.3 Å². The summed E-state index contributed by atoms with van der Waals surface area (Å²) in [6, 6.07) is 8.53. The second kappa shape index (κ2) is 7.39. The maximum Gasteiger partial charge on any atom is 0.119 e. The Hall–Kier alpha value is -1.22. The molecule has 0 unspecified atom stereocenters. The Morgan fingerprint density at radius 3 is 2.32 bits per heavy atom. The van der Waals surface area contributed by atoms with Crippen molar-refractivity contribution >= 4 is 0 Å². The van der Waals surface area contributed by atoms with Gasteiger partial charge in [-0.25, -0.2) is 0 Å². The summed E-state index contributed by atoms with van der Waals surface area (Å²) in [4.78, 5) is 2.45. The van der Waals surface area contributed by atoms with Crippen molar-refractivity contribution in [1.29, 1.82) is 0 Å². The first-order chi connectivity index (χ1) is 9.29. The normalized spacial score (nSPS) is 16.6. The molecular formula is C16H25NO2. The quantitative estimate of drug-likeness (QED) is 0.785. The van der Waals surface area contributed by atoms with Gasteiger partial charge in [0.05, 0.1) is 7.11 Å². The standard InChI is InChI=1S/C16H25NO2/c1-17(14-6-4-3-5-7-14)12-13-19-16-10-8-15(18-2)9-11-16/h8-11,14H,3-7,12-13H2,1-2H3. The van der Waals surface area contributed by atoms with E-state index in [-0.39, 0.29) is 0 Å². The molecule has 1 aromatic rings. The Labute approximate surface area is 116 Å². The van der Waals surface area contributed by atoms with Gasteiger partial charge in [-0.05, 0) is 44.2 Å². The van der Waals surface area contributed by atoms with Crippen LogP contribution < -0.4 is 9.47 Å². The zero-order valence-corrected chi connectivity index (χ0v) is 12.1. The fraction of sp³-hybridized carbons (Fsp3) is 0.625. The Balaban J connectivity index is 1.69. The van der Waals surface area contributed by atoms with Crippen LogP contribution in [-0.4, -0.2) is 38.3 Å². The van der Waals surface area contributed by atoms with Crippen LogP contribution in [0.15, 0.2) is 24.3 Å². The molecule has 1 aromatic carbocycles. The second-order valence-corrected chi connectivity index (χ2v) is 5.30. The molecule has 2 rings (SSSR count). The van der Waals surface area contributed by atoms with Gasteiger partial charge < -0.3 is 14.4 Å². The van der Waals surface area contributed by atoms with Crippen LogP contribution in [0.4, 0.5) is 0 Å². The van der Waals surface area contributed by atoms with Crippen LogP contribution in [0, 0.1) is 0 Å². The Bertz CT molecular complexity index is 358. The molecule has 0 aliphatic heterocycles. The minimum absolute atomic E-state index is 0.749. The van der Waals surface area contributed by atoms with Crippen molar-refractivity contribution in [3.8, 4) is 11.5 Å². The second-order valence-electron chi connectivity index (χ2n) is 5.30. The molecule has 3 nitrogen and oxygen atoms in total. The van der Waals surface area contributed by atoms with Crippen molar-refractivity contribution in [2.45, 2.75) is 38.1 Å². The van der Waals surface area contributed by atoms with E-state index < -0.39 is 0 Å². The number of methoxy groups -OCH3 is 1. The lowest BCUT2D eigenvalue weighted by Crippen LogP contribution is -2.36. The van der Waals surface area contributed by atoms with E-state index >= 15 is 0 Å². The predicted octanol–water partition coefficient (Wildman–Crippen LogP) is 3.34. The highest BCUT2D eigenvalue weighted by Gasteiger charge is 2.17. The smallest absolute Gasteiger partial charge is 0.119 e. The lowest BCUT2D eigenvalue weighted by Gasteiger charge is -2.31. The van der Waals surface area contributed by atoms with E-state index in [0.717, 1.165) is 30.7 Å². The average molecular weight is 263 g/mol. The molecular weight excluding hydrogens is 238 g/mol. The van der Waals surface area contributed by atoms with Crippen LogP contribution in [0.1, 0.15) is 32.1 Å². The fourth-order valence-corrected chi connectivity index (χ4v) is 2.68. The first-order valence-electron chi connectivity index (χ1n) is 7.26. The third-order valence-corrected chi connectivity index (χ3v) is 3.97. The van der Waals surface area contributed by atoms with Gasteiger partial charge >= 0.3 is 0 Å². The van der Waals surface area contributed by atoms with Gasteiger partial charge in [-0.15, -0.1) is 0 Å². The zero-order chi connectivity index (χ0) is 13.5. The number of rotatable bonds is 6. The molecule has 0 radical (unpaired) electrons. The van der Waals surface area contributed by atoms with Crippen molar-refractivity contribution in [1.82, 2.24) is 4.90 Å². The molecule has 1 aliphatic rings. The predicted molar refractivity (Wildman–Crippen MR) is 78.0 cm³/mol. The SMILES string of the molecule is COc1ccc(OCCN(C)C2CCCCC2)cc1. The van der Waals surface area contributed by atoms with E-state index in [9.17, 15) is 0 Å². The number of likely N-dealkylation sites (N-methyl/N-ethyl adjacent to an activating group) is 1. The highest BCUT2D eigenvalue weighted by molar-refractivity contribution is 5.31. The van der Waals surface area contributed by atoms with Crippen LogP contribution in [0.25, 0.3) is 0 Å². The van der Waals surface area contributed by atoms with Gasteiger partial charge in [0, 0.05) is 12.6 Å². The van der Waals surface area contributed by atoms with Crippen LogP contribution >= 0.6 is 0 Å². The highest BCUT2D eigenvalue weighted by atomic mass is 16.5. The van der Waals surface area contributed by atoms with Gasteiger partial charge in [-0.2, -0.15) is 0 Å². The molecule has 0 amide bonds. The summed E-state index contributed by atoms with van der Waals surface area (Å²) in [7, 11) is 3.89. The number of nitrogens with zero attached hydrogens (tertiary/aromatic N) is 1. The first kappa shape index (κ1) is 14.2. The summed E-state index contributed by atoms with van der Waals surface area (Å²) in [6.45, 7) is 1.75. The van der Waals surface area contributed by atoms with Gasteiger partial charge in [0.2, 0.25) is 0 Å². The molecule has 0 saturated heterocycles. The molecule has 0 N–H and O–H groups in total. The lowest BCUT2D eigenvalue weighted by molar-refractivity contribution is 0.160. The van der Waals surface area contributed by atoms with Crippen molar-refractivity contribution in [3.05, 3.63) is 24.3 Å². The van der Waals surface area contributed by atoms with Crippen LogP contribution in [0.2, 0.25) is 0 Å². The van der Waals surface area contributed by atoms with E-state index in [1.165, 1.54) is 32.1 Å². The number of hydrogen-bond donors (Lipinski definition) is 0. The molecule has 0 spiro atoms. The topological polar surface area (TPSA) is 21.7 Å². The van der Waals surface area contributed by atoms with E-state index in [1.54, 1.807) is 7.11 Å². The van der Waals surface area contributed by atoms with Crippen LogP contribution in [0.3, 0.4) is 0 Å². The largest absolute Gasteiger partial charge is 0.497 e. The van der Waals surface area contributed by atoms with Crippen LogP contribution in [-0.2, 0) is 0 Å². The molecule has 0 heterocycles. The van der Waals surface area contributed by atoms with E-state index in [4.69, 9.17) is 9.47 Å². The summed E-state index contributed by atoms with van der Waals surface area (Å²) < 4.78 is 10.9. The van der Waals surface area contributed by atoms with Crippen molar-refractivity contribution in [3.63, 3.8) is 0 Å². The van der Waals surface area contributed by atoms with Gasteiger partial charge in [0.1, 0.15) is 18.1 Å². The van der Waals surface area contributed by atoms with Gasteiger partial charge in [0.25, 0.3) is 0 Å². The van der Waals surface area contributed by atoms with Crippen LogP contribution in [0.5, 0.6) is 11.5 Å². The van der Waals surface area contributed by atoms with Crippen molar-refractivity contribution in [2.75, 3.05) is 27.3 Å². The lowest BCUT2D eigenvalue weighted by atomic mass is 9.94. The summed E-state index contributed by atoms with van der Waals surface area (Å²) in [5.41, 5.74) is 0. The zero-order valence-electron chi connectivity index (χ0n) is 12.1. The molecule has 1 fully saturated rings. The van der Waals surface area contributed by atoms with Gasteiger partial charge in [-0.3, -0.25) is 0 Å². The fourth-order valence-electron chi connectivity index (χ4n) is 2.68. The Kier molecular flexibility index (Phi) is 5.52. The first-order valence-corrected chi connectivity index (χ1v) is 7.26. The number of benzene rings is 1. The molecule has 1 aliphatic carbocycles. The minimum Gasteiger partial charge on any atom is -0.497 e. The van der Waals surface area contributed by atoms with E-state index in [0.29, 0.717) is 0 Å². The van der Waals surface area contributed by atoms with E-state index in [1.807, 2.05) is 24.3 Å². The monoisotopic (exact) mass is 263 g/mol. The summed E-state index contributed by atoms with van der Waals surface area (Å²) in [5, 5.41) is 0. The average Bonchev–Trinajstić information content (AvgIpc) is 2.49. The molecule has 0 bridgehead atoms. The van der Waals surface area contributed by atoms with Gasteiger partial charge in [0.15, 0.2) is 0 Å². The molecule has 1 saturated carbocycles. The molecule has 0 aromatic heterocycles. The summed E-state index contributed by atoms with van der Waals surface area (Å²) in [6.07, 6.45) is 6.87. The third kappa shape index (κ3) is 4.43. The maximum absolute atomic E-state index is 5.77. The maximum atomic E-state index is 5.77. The Morgan fingerprint density at radius 2 is 1.68 bits per heavy atom. The molecule has 3 heteroatoms. The van der Waals surface area contributed by atoms with E-state index in [2.05, 4.69) is 11.9 Å². The molecule has 106 valence electrons. The molecule has 19 heavy (non-hydrogen) atoms. The summed E-state index contributed by atoms with van der Waals surface area (Å²) >= 11 is 0. The third-order valence-electron chi connectivity index (χ3n) is 3.97. The number of ether oxygens (including phenoxy) is 2.